The van der Waals surface area contributed by atoms with Gasteiger partial charge in [-0.1, -0.05) is 18.2 Å². The molecule has 82 valence electrons. The molecule has 0 fully saturated rings. The van der Waals surface area contributed by atoms with Gasteiger partial charge in [0.15, 0.2) is 0 Å². The fourth-order valence-corrected chi connectivity index (χ4v) is 1.53. The Morgan fingerprint density at radius 2 is 2.19 bits per heavy atom. The highest BCUT2D eigenvalue weighted by Gasteiger charge is 2.23. The van der Waals surface area contributed by atoms with E-state index in [1.54, 1.807) is 6.07 Å². The van der Waals surface area contributed by atoms with Crippen molar-refractivity contribution in [2.45, 2.75) is 12.5 Å². The van der Waals surface area contributed by atoms with Crippen molar-refractivity contribution in [1.29, 1.82) is 0 Å². The van der Waals surface area contributed by atoms with Crippen LogP contribution < -0.4 is 5.32 Å². The molecule has 1 atom stereocenters. The van der Waals surface area contributed by atoms with Crippen LogP contribution in [0.5, 0.6) is 0 Å². The van der Waals surface area contributed by atoms with Crippen molar-refractivity contribution in [3.05, 3.63) is 29.8 Å². The topological polar surface area (TPSA) is 78.8 Å². The molecule has 0 saturated heterocycles. The zero-order valence-electron chi connectivity index (χ0n) is 8.38. The number of carbonyl (C=O) groups is 2. The van der Waals surface area contributed by atoms with Crippen LogP contribution in [-0.4, -0.2) is 29.2 Å². The summed E-state index contributed by atoms with van der Waals surface area (Å²) in [6.45, 7) is 0. The predicted octanol–water partition coefficient (Wildman–Crippen LogP) is 0.901. The zero-order valence-corrected chi connectivity index (χ0v) is 8.38. The van der Waals surface area contributed by atoms with Crippen LogP contribution in [0.4, 0.5) is 5.69 Å². The third-order valence-corrected chi connectivity index (χ3v) is 2.30. The second-order valence-corrected chi connectivity index (χ2v) is 3.48. The summed E-state index contributed by atoms with van der Waals surface area (Å²) in [5, 5.41) is 11.6. The van der Waals surface area contributed by atoms with Crippen LogP contribution in [0.2, 0.25) is 0 Å². The molecule has 2 N–H and O–H groups in total. The molecule has 1 aliphatic rings. The Balaban J connectivity index is 2.30. The number of para-hydroxylation sites is 1. The van der Waals surface area contributed by atoms with Gasteiger partial charge >= 0.3 is 5.97 Å². The van der Waals surface area contributed by atoms with Crippen molar-refractivity contribution in [3.63, 3.8) is 0 Å². The molecule has 5 nitrogen and oxygen atoms in total. The van der Waals surface area contributed by atoms with Gasteiger partial charge in [0, 0.05) is 17.5 Å². The monoisotopic (exact) mass is 218 g/mol. The number of hydrogen-bond acceptors (Lipinski definition) is 3. The van der Waals surface area contributed by atoms with Gasteiger partial charge in [-0.15, -0.1) is 0 Å². The first-order chi connectivity index (χ1) is 7.66. The van der Waals surface area contributed by atoms with Gasteiger partial charge in [-0.2, -0.15) is 0 Å². The molecule has 16 heavy (non-hydrogen) atoms. The number of benzodiazepines with no additional fused rings is 1. The van der Waals surface area contributed by atoms with Gasteiger partial charge < -0.3 is 10.4 Å². The van der Waals surface area contributed by atoms with Gasteiger partial charge in [0.05, 0.1) is 6.42 Å². The average molecular weight is 218 g/mol. The van der Waals surface area contributed by atoms with Gasteiger partial charge in [-0.25, -0.2) is 4.99 Å². The van der Waals surface area contributed by atoms with Gasteiger partial charge in [0.25, 0.3) is 5.91 Å². The van der Waals surface area contributed by atoms with E-state index in [9.17, 15) is 9.59 Å². The molecule has 1 unspecified atom stereocenters. The maximum absolute atomic E-state index is 11.5. The molecule has 0 aromatic heterocycles. The van der Waals surface area contributed by atoms with E-state index in [-0.39, 0.29) is 6.42 Å². The standard InChI is InChI=1S/C11H10N2O3/c14-10(15)5-9-11(16)12-6-7-3-1-2-4-8(7)13-9/h1-4,6,9,13H,5H2,(H,14,15). The third-order valence-electron chi connectivity index (χ3n) is 2.30. The second kappa shape index (κ2) is 4.14. The fraction of sp³-hybridized carbons (Fsp3) is 0.182. The normalized spacial score (nSPS) is 18.5. The SMILES string of the molecule is O=C(O)CC1Nc2ccccc2C=NC1=O. The van der Waals surface area contributed by atoms with Gasteiger partial charge in [0.2, 0.25) is 0 Å². The fourth-order valence-electron chi connectivity index (χ4n) is 1.53. The van der Waals surface area contributed by atoms with Crippen LogP contribution in [0.25, 0.3) is 0 Å². The Kier molecular flexibility index (Phi) is 2.68. The number of nitrogens with one attached hydrogen (secondary N) is 1. The van der Waals surface area contributed by atoms with Crippen molar-refractivity contribution in [3.8, 4) is 0 Å². The number of carboxylic acid groups (broad SMARTS) is 1. The van der Waals surface area contributed by atoms with Crippen LogP contribution in [0, 0.1) is 0 Å². The van der Waals surface area contributed by atoms with Crippen molar-refractivity contribution >= 4 is 23.8 Å². The molecule has 2 rings (SSSR count). The minimum absolute atomic E-state index is 0.273. The first-order valence-electron chi connectivity index (χ1n) is 4.82. The average Bonchev–Trinajstić information content (AvgIpc) is 2.39. The number of aliphatic imine (C=N–C) groups is 1. The van der Waals surface area contributed by atoms with E-state index >= 15 is 0 Å². The summed E-state index contributed by atoms with van der Waals surface area (Å²) in [5.41, 5.74) is 1.51. The zero-order chi connectivity index (χ0) is 11.5. The van der Waals surface area contributed by atoms with Crippen LogP contribution in [0.3, 0.4) is 0 Å². The number of anilines is 1. The quantitative estimate of drug-likeness (QED) is 0.773. The molecule has 1 amide bonds. The Morgan fingerprint density at radius 1 is 1.44 bits per heavy atom. The van der Waals surface area contributed by atoms with E-state index in [0.717, 1.165) is 11.3 Å². The van der Waals surface area contributed by atoms with Crippen LogP contribution in [0.1, 0.15) is 12.0 Å². The molecule has 0 spiro atoms. The molecule has 1 aliphatic heterocycles. The highest BCUT2D eigenvalue weighted by Crippen LogP contribution is 2.18. The molecule has 0 saturated carbocycles. The van der Waals surface area contributed by atoms with Crippen molar-refractivity contribution in [2.24, 2.45) is 4.99 Å². The van der Waals surface area contributed by atoms with Crippen LogP contribution in [-0.2, 0) is 9.59 Å². The first-order valence-corrected chi connectivity index (χ1v) is 4.82. The van der Waals surface area contributed by atoms with Crippen LogP contribution in [0.15, 0.2) is 29.3 Å². The molecule has 0 bridgehead atoms. The van der Waals surface area contributed by atoms with Gasteiger partial charge in [-0.05, 0) is 6.07 Å². The highest BCUT2D eigenvalue weighted by atomic mass is 16.4. The second-order valence-electron chi connectivity index (χ2n) is 3.48. The lowest BCUT2D eigenvalue weighted by atomic mass is 10.1. The van der Waals surface area contributed by atoms with Crippen molar-refractivity contribution in [1.82, 2.24) is 0 Å². The van der Waals surface area contributed by atoms with E-state index in [2.05, 4.69) is 10.3 Å². The Bertz CT molecular complexity index is 468. The maximum Gasteiger partial charge on any atom is 0.305 e. The first kappa shape index (κ1) is 10.4. The largest absolute Gasteiger partial charge is 0.481 e. The smallest absolute Gasteiger partial charge is 0.305 e. The summed E-state index contributed by atoms with van der Waals surface area (Å²) < 4.78 is 0. The molecular weight excluding hydrogens is 208 g/mol. The van der Waals surface area contributed by atoms with E-state index in [1.165, 1.54) is 6.21 Å². The van der Waals surface area contributed by atoms with Gasteiger partial charge in [0.1, 0.15) is 6.04 Å². The summed E-state index contributed by atoms with van der Waals surface area (Å²) in [6.07, 6.45) is 1.18. The molecule has 1 aromatic rings. The predicted molar refractivity (Wildman–Crippen MR) is 58.7 cm³/mol. The van der Waals surface area contributed by atoms with Crippen LogP contribution >= 0.6 is 0 Å². The number of carboxylic acids is 1. The molecular formula is C11H10N2O3. The van der Waals surface area contributed by atoms with Gasteiger partial charge in [-0.3, -0.25) is 9.59 Å². The molecule has 1 aromatic carbocycles. The summed E-state index contributed by atoms with van der Waals surface area (Å²) in [5.74, 6) is -1.49. The van der Waals surface area contributed by atoms with Crippen molar-refractivity contribution in [2.75, 3.05) is 5.32 Å². The third kappa shape index (κ3) is 2.08. The maximum atomic E-state index is 11.5. The number of fused-ring (bicyclic) bond motifs is 1. The van der Waals surface area contributed by atoms with E-state index in [4.69, 9.17) is 5.11 Å². The minimum atomic E-state index is -1.03. The number of amides is 1. The molecule has 0 aliphatic carbocycles. The Labute approximate surface area is 91.8 Å². The van der Waals surface area contributed by atoms with E-state index in [0.29, 0.717) is 0 Å². The number of aliphatic carboxylic acids is 1. The summed E-state index contributed by atoms with van der Waals surface area (Å²) >= 11 is 0. The summed E-state index contributed by atoms with van der Waals surface area (Å²) in [6, 6.07) is 6.44. The highest BCUT2D eigenvalue weighted by molar-refractivity contribution is 6.02. The molecule has 1 heterocycles. The minimum Gasteiger partial charge on any atom is -0.481 e. The van der Waals surface area contributed by atoms with E-state index in [1.807, 2.05) is 18.2 Å². The lowest BCUT2D eigenvalue weighted by Gasteiger charge is -2.13. The number of nitrogens with zero attached hydrogens (tertiary/aromatic N) is 1. The van der Waals surface area contributed by atoms with Crippen molar-refractivity contribution < 1.29 is 14.7 Å². The molecule has 5 heteroatoms. The Morgan fingerprint density at radius 3 is 2.94 bits per heavy atom. The summed E-state index contributed by atoms with van der Waals surface area (Å²) in [4.78, 5) is 25.8. The number of benzene rings is 1. The number of carbonyl (C=O) groups excluding carboxylic acids is 1. The lowest BCUT2D eigenvalue weighted by molar-refractivity contribution is -0.138. The number of hydrogen-bond donors (Lipinski definition) is 2. The number of rotatable bonds is 2. The lowest BCUT2D eigenvalue weighted by Crippen LogP contribution is -2.30. The Hall–Kier alpha value is -2.17. The molecule has 0 radical (unpaired) electrons. The van der Waals surface area contributed by atoms with E-state index < -0.39 is 17.9 Å². The summed E-state index contributed by atoms with van der Waals surface area (Å²) in [7, 11) is 0.